The number of aromatic nitrogens is 1. The van der Waals surface area contributed by atoms with E-state index in [1.165, 1.54) is 0 Å². The van der Waals surface area contributed by atoms with Crippen LogP contribution in [0.1, 0.15) is 39.3 Å². The molecule has 0 aliphatic carbocycles. The van der Waals surface area contributed by atoms with Crippen LogP contribution in [0.2, 0.25) is 10.3 Å². The predicted molar refractivity (Wildman–Crippen MR) is 87.4 cm³/mol. The van der Waals surface area contributed by atoms with E-state index in [2.05, 4.69) is 10.3 Å². The van der Waals surface area contributed by atoms with Crippen LogP contribution in [0.4, 0.5) is 4.79 Å². The second-order valence-corrected chi connectivity index (χ2v) is 7.26. The van der Waals surface area contributed by atoms with Crippen molar-refractivity contribution in [3.63, 3.8) is 0 Å². The molecule has 2 rings (SSSR count). The molecule has 122 valence electrons. The van der Waals surface area contributed by atoms with Crippen molar-refractivity contribution in [2.75, 3.05) is 13.1 Å². The molecular weight excluding hydrogens is 325 g/mol. The lowest BCUT2D eigenvalue weighted by Gasteiger charge is -2.39. The van der Waals surface area contributed by atoms with E-state index in [1.807, 2.05) is 27.7 Å². The summed E-state index contributed by atoms with van der Waals surface area (Å²) >= 11 is 11.9. The Morgan fingerprint density at radius 1 is 1.36 bits per heavy atom. The maximum Gasteiger partial charge on any atom is 0.410 e. The number of carbonyl (C=O) groups excluding carboxylic acids is 1. The summed E-state index contributed by atoms with van der Waals surface area (Å²) in [5, 5.41) is 4.07. The highest BCUT2D eigenvalue weighted by Crippen LogP contribution is 2.25. The van der Waals surface area contributed by atoms with E-state index in [0.717, 1.165) is 5.56 Å². The number of rotatable bonds is 1. The van der Waals surface area contributed by atoms with Crippen LogP contribution >= 0.6 is 23.2 Å². The van der Waals surface area contributed by atoms with Gasteiger partial charge < -0.3 is 15.0 Å². The average molecular weight is 346 g/mol. The van der Waals surface area contributed by atoms with Crippen LogP contribution in [0.25, 0.3) is 0 Å². The van der Waals surface area contributed by atoms with Crippen molar-refractivity contribution in [3.8, 4) is 0 Å². The third kappa shape index (κ3) is 4.48. The van der Waals surface area contributed by atoms with E-state index >= 15 is 0 Å². The molecule has 2 atom stereocenters. The van der Waals surface area contributed by atoms with Crippen molar-refractivity contribution < 1.29 is 9.53 Å². The van der Waals surface area contributed by atoms with Gasteiger partial charge in [-0.15, -0.1) is 0 Å². The largest absolute Gasteiger partial charge is 0.444 e. The summed E-state index contributed by atoms with van der Waals surface area (Å²) in [6.07, 6.45) is -0.308. The molecule has 0 bridgehead atoms. The molecule has 5 nitrogen and oxygen atoms in total. The molecule has 22 heavy (non-hydrogen) atoms. The van der Waals surface area contributed by atoms with E-state index in [9.17, 15) is 4.79 Å². The molecule has 0 radical (unpaired) electrons. The number of amides is 1. The molecule has 1 fully saturated rings. The molecule has 0 unspecified atom stereocenters. The summed E-state index contributed by atoms with van der Waals surface area (Å²) in [6, 6.07) is 3.52. The molecule has 7 heteroatoms. The van der Waals surface area contributed by atoms with Crippen LogP contribution in [0.5, 0.6) is 0 Å². The number of nitrogens with one attached hydrogen (secondary N) is 1. The average Bonchev–Trinajstić information content (AvgIpc) is 2.35. The number of piperazine rings is 1. The van der Waals surface area contributed by atoms with Gasteiger partial charge in [-0.3, -0.25) is 0 Å². The fourth-order valence-corrected chi connectivity index (χ4v) is 2.82. The highest BCUT2D eigenvalue weighted by molar-refractivity contribution is 6.32. The number of nitrogens with zero attached hydrogens (tertiary/aromatic N) is 2. The lowest BCUT2D eigenvalue weighted by atomic mass is 10.0. The summed E-state index contributed by atoms with van der Waals surface area (Å²) in [5.74, 6) is 0. The lowest BCUT2D eigenvalue weighted by Crippen LogP contribution is -2.54. The van der Waals surface area contributed by atoms with E-state index < -0.39 is 5.60 Å². The highest BCUT2D eigenvalue weighted by Gasteiger charge is 2.32. The van der Waals surface area contributed by atoms with Gasteiger partial charge in [-0.1, -0.05) is 23.2 Å². The number of pyridine rings is 1. The maximum absolute atomic E-state index is 12.3. The van der Waals surface area contributed by atoms with Crippen molar-refractivity contribution in [1.82, 2.24) is 15.2 Å². The Balaban J connectivity index is 2.15. The molecule has 0 saturated carbocycles. The summed E-state index contributed by atoms with van der Waals surface area (Å²) in [7, 11) is 0. The first kappa shape index (κ1) is 17.3. The van der Waals surface area contributed by atoms with E-state index in [4.69, 9.17) is 27.9 Å². The van der Waals surface area contributed by atoms with Crippen LogP contribution in [-0.4, -0.2) is 40.7 Å². The van der Waals surface area contributed by atoms with Crippen LogP contribution in [-0.2, 0) is 4.74 Å². The van der Waals surface area contributed by atoms with Crippen molar-refractivity contribution >= 4 is 29.3 Å². The number of halogens is 2. The number of hydrogen-bond acceptors (Lipinski definition) is 4. The first-order valence-electron chi connectivity index (χ1n) is 7.22. The Kier molecular flexibility index (Phi) is 5.20. The van der Waals surface area contributed by atoms with Gasteiger partial charge in [-0.2, -0.15) is 0 Å². The molecule has 1 N–H and O–H groups in total. The summed E-state index contributed by atoms with van der Waals surface area (Å²) in [5.41, 5.74) is 0.394. The van der Waals surface area contributed by atoms with Gasteiger partial charge >= 0.3 is 6.09 Å². The first-order valence-corrected chi connectivity index (χ1v) is 7.97. The maximum atomic E-state index is 12.3. The topological polar surface area (TPSA) is 54.5 Å². The molecule has 1 aromatic heterocycles. The number of hydrogen-bond donors (Lipinski definition) is 1. The lowest BCUT2D eigenvalue weighted by molar-refractivity contribution is 0.00958. The minimum Gasteiger partial charge on any atom is -0.444 e. The Morgan fingerprint density at radius 2 is 1.95 bits per heavy atom. The van der Waals surface area contributed by atoms with Crippen molar-refractivity contribution in [3.05, 3.63) is 28.0 Å². The Hall–Kier alpha value is -1.04. The van der Waals surface area contributed by atoms with Gasteiger partial charge in [0.05, 0.1) is 6.04 Å². The van der Waals surface area contributed by atoms with Crippen molar-refractivity contribution in [2.24, 2.45) is 0 Å². The highest BCUT2D eigenvalue weighted by atomic mass is 35.5. The zero-order chi connectivity index (χ0) is 16.5. The molecule has 1 aliphatic heterocycles. The van der Waals surface area contributed by atoms with Gasteiger partial charge in [0.1, 0.15) is 15.9 Å². The number of carbonyl (C=O) groups is 1. The van der Waals surface area contributed by atoms with Gasteiger partial charge in [0.15, 0.2) is 0 Å². The smallest absolute Gasteiger partial charge is 0.410 e. The van der Waals surface area contributed by atoms with Gasteiger partial charge in [0, 0.05) is 19.1 Å². The van der Waals surface area contributed by atoms with E-state index in [0.29, 0.717) is 23.4 Å². The Labute approximate surface area is 140 Å². The fourth-order valence-electron chi connectivity index (χ4n) is 2.35. The second-order valence-electron chi connectivity index (χ2n) is 6.49. The third-order valence-corrected chi connectivity index (χ3v) is 3.77. The summed E-state index contributed by atoms with van der Waals surface area (Å²) < 4.78 is 5.47. The van der Waals surface area contributed by atoms with Gasteiger partial charge in [0.25, 0.3) is 0 Å². The van der Waals surface area contributed by atoms with Crippen molar-refractivity contribution in [1.29, 1.82) is 0 Å². The predicted octanol–water partition coefficient (Wildman–Crippen LogP) is 3.66. The van der Waals surface area contributed by atoms with Crippen molar-refractivity contribution in [2.45, 2.75) is 45.4 Å². The fraction of sp³-hybridized carbons (Fsp3) is 0.600. The summed E-state index contributed by atoms with van der Waals surface area (Å²) in [6.45, 7) is 8.72. The zero-order valence-electron chi connectivity index (χ0n) is 13.2. The van der Waals surface area contributed by atoms with Crippen LogP contribution in [0.15, 0.2) is 12.1 Å². The SMILES string of the molecule is C[C@H]1CN[C@H](c2cc(Cl)nc(Cl)c2)CN1C(=O)OC(C)(C)C. The molecule has 2 heterocycles. The zero-order valence-corrected chi connectivity index (χ0v) is 14.7. The first-order chi connectivity index (χ1) is 10.2. The second kappa shape index (κ2) is 6.60. The van der Waals surface area contributed by atoms with E-state index in [1.54, 1.807) is 17.0 Å². The Bertz CT molecular complexity index is 540. The normalized spacial score (nSPS) is 22.5. The Morgan fingerprint density at radius 3 is 2.50 bits per heavy atom. The van der Waals surface area contributed by atoms with Crippen LogP contribution in [0, 0.1) is 0 Å². The molecule has 1 amide bonds. The molecule has 0 spiro atoms. The van der Waals surface area contributed by atoms with Crippen LogP contribution < -0.4 is 5.32 Å². The number of ether oxygens (including phenoxy) is 1. The van der Waals surface area contributed by atoms with Gasteiger partial charge in [-0.05, 0) is 45.4 Å². The standard InChI is InChI=1S/C15H21Cl2N3O2/c1-9-7-18-11(10-5-12(16)19-13(17)6-10)8-20(9)14(21)22-15(2,3)4/h5-6,9,11,18H,7-8H2,1-4H3/t9-,11-/m0/s1. The third-order valence-electron chi connectivity index (χ3n) is 3.39. The minimum absolute atomic E-state index is 0.0540. The van der Waals surface area contributed by atoms with Gasteiger partial charge in [0.2, 0.25) is 0 Å². The molecule has 1 aromatic rings. The molecule has 1 saturated heterocycles. The summed E-state index contributed by atoms with van der Waals surface area (Å²) in [4.78, 5) is 18.0. The molecule has 0 aromatic carbocycles. The quantitative estimate of drug-likeness (QED) is 0.789. The molecule has 1 aliphatic rings. The van der Waals surface area contributed by atoms with Crippen LogP contribution in [0.3, 0.4) is 0 Å². The molecular formula is C15H21Cl2N3O2. The van der Waals surface area contributed by atoms with Gasteiger partial charge in [-0.25, -0.2) is 9.78 Å². The minimum atomic E-state index is -0.513. The van der Waals surface area contributed by atoms with E-state index in [-0.39, 0.29) is 18.2 Å². The monoisotopic (exact) mass is 345 g/mol.